The number of carboxylic acid groups (broad SMARTS) is 2. The lowest BCUT2D eigenvalue weighted by Crippen LogP contribution is -1.94. The third kappa shape index (κ3) is 4.81. The van der Waals surface area contributed by atoms with Crippen molar-refractivity contribution >= 4 is 11.9 Å². The second-order valence-corrected chi connectivity index (χ2v) is 3.95. The maximum Gasteiger partial charge on any atom is 0.335 e. The summed E-state index contributed by atoms with van der Waals surface area (Å²) in [5, 5.41) is 25.3. The van der Waals surface area contributed by atoms with E-state index >= 15 is 0 Å². The van der Waals surface area contributed by atoms with Crippen molar-refractivity contribution in [3.05, 3.63) is 54.1 Å². The molecule has 20 heavy (non-hydrogen) atoms. The summed E-state index contributed by atoms with van der Waals surface area (Å²) in [5.41, 5.74) is 2.13. The number of aromatic hydroxyl groups is 1. The van der Waals surface area contributed by atoms with Gasteiger partial charge in [0.05, 0.1) is 5.56 Å². The monoisotopic (exact) mass is 274 g/mol. The van der Waals surface area contributed by atoms with Crippen molar-refractivity contribution in [1.29, 1.82) is 0 Å². The number of benzene rings is 2. The number of aromatic carboxylic acids is 1. The van der Waals surface area contributed by atoms with Crippen molar-refractivity contribution in [3.63, 3.8) is 0 Å². The Hall–Kier alpha value is -2.82. The molecule has 2 aromatic rings. The molecular weight excluding hydrogens is 260 g/mol. The summed E-state index contributed by atoms with van der Waals surface area (Å²) in [6.45, 7) is 1.08. The van der Waals surface area contributed by atoms with Crippen LogP contribution in [0.2, 0.25) is 0 Å². The first-order valence-electron chi connectivity index (χ1n) is 5.72. The molecule has 0 atom stereocenters. The van der Waals surface area contributed by atoms with Crippen molar-refractivity contribution in [3.8, 4) is 16.9 Å². The molecule has 5 nitrogen and oxygen atoms in total. The predicted molar refractivity (Wildman–Crippen MR) is 73.8 cm³/mol. The van der Waals surface area contributed by atoms with E-state index in [0.717, 1.165) is 18.1 Å². The lowest BCUT2D eigenvalue weighted by molar-refractivity contribution is -0.134. The Bertz CT molecular complexity index is 581. The highest BCUT2D eigenvalue weighted by Gasteiger charge is 2.02. The van der Waals surface area contributed by atoms with Crippen LogP contribution >= 0.6 is 0 Å². The van der Waals surface area contributed by atoms with Crippen molar-refractivity contribution in [1.82, 2.24) is 0 Å². The molecular formula is C15H14O5. The van der Waals surface area contributed by atoms with Crippen LogP contribution in [-0.2, 0) is 4.79 Å². The van der Waals surface area contributed by atoms with Crippen LogP contribution in [0.25, 0.3) is 11.1 Å². The first-order valence-corrected chi connectivity index (χ1v) is 5.72. The first-order chi connectivity index (χ1) is 9.40. The van der Waals surface area contributed by atoms with Crippen LogP contribution in [0, 0.1) is 0 Å². The molecule has 0 aliphatic rings. The summed E-state index contributed by atoms with van der Waals surface area (Å²) in [7, 11) is 0. The number of rotatable bonds is 2. The smallest absolute Gasteiger partial charge is 0.335 e. The summed E-state index contributed by atoms with van der Waals surface area (Å²) in [6.07, 6.45) is 0. The van der Waals surface area contributed by atoms with Crippen LogP contribution in [0.15, 0.2) is 48.5 Å². The molecule has 0 fully saturated rings. The summed E-state index contributed by atoms with van der Waals surface area (Å²) < 4.78 is 0. The highest BCUT2D eigenvalue weighted by molar-refractivity contribution is 5.88. The number of hydrogen-bond donors (Lipinski definition) is 3. The van der Waals surface area contributed by atoms with Crippen molar-refractivity contribution in [2.45, 2.75) is 6.92 Å². The summed E-state index contributed by atoms with van der Waals surface area (Å²) in [4.78, 5) is 19.7. The van der Waals surface area contributed by atoms with Gasteiger partial charge in [-0.05, 0) is 35.4 Å². The molecule has 0 radical (unpaired) electrons. The van der Waals surface area contributed by atoms with Gasteiger partial charge in [0.15, 0.2) is 0 Å². The van der Waals surface area contributed by atoms with Gasteiger partial charge in [0.1, 0.15) is 5.75 Å². The molecule has 0 saturated carbocycles. The Labute approximate surface area is 115 Å². The third-order valence-corrected chi connectivity index (χ3v) is 2.33. The van der Waals surface area contributed by atoms with E-state index in [1.165, 1.54) is 0 Å². The Morgan fingerprint density at radius 3 is 1.50 bits per heavy atom. The number of phenolic OH excluding ortho intramolecular Hbond substituents is 1. The summed E-state index contributed by atoms with van der Waals surface area (Å²) >= 11 is 0. The molecule has 104 valence electrons. The molecule has 0 unspecified atom stereocenters. The average molecular weight is 274 g/mol. The minimum Gasteiger partial charge on any atom is -0.508 e. The molecule has 0 saturated heterocycles. The van der Waals surface area contributed by atoms with Crippen LogP contribution in [0.5, 0.6) is 5.75 Å². The first kappa shape index (κ1) is 15.2. The van der Waals surface area contributed by atoms with E-state index in [1.54, 1.807) is 48.5 Å². The molecule has 0 heterocycles. The van der Waals surface area contributed by atoms with E-state index in [-0.39, 0.29) is 11.3 Å². The second kappa shape index (κ2) is 6.94. The maximum absolute atomic E-state index is 10.7. The van der Waals surface area contributed by atoms with E-state index in [4.69, 9.17) is 20.1 Å². The molecule has 2 aromatic carbocycles. The van der Waals surface area contributed by atoms with E-state index in [2.05, 4.69) is 0 Å². The summed E-state index contributed by atoms with van der Waals surface area (Å²) in [5.74, 6) is -1.55. The average Bonchev–Trinajstić information content (AvgIpc) is 2.39. The lowest BCUT2D eigenvalue weighted by Gasteiger charge is -2.02. The number of hydrogen-bond acceptors (Lipinski definition) is 3. The number of carboxylic acids is 2. The van der Waals surface area contributed by atoms with Gasteiger partial charge >= 0.3 is 5.97 Å². The zero-order valence-corrected chi connectivity index (χ0v) is 10.8. The lowest BCUT2D eigenvalue weighted by atomic mass is 10.0. The van der Waals surface area contributed by atoms with Gasteiger partial charge < -0.3 is 15.3 Å². The van der Waals surface area contributed by atoms with E-state index in [0.29, 0.717) is 0 Å². The van der Waals surface area contributed by atoms with Gasteiger partial charge in [0.2, 0.25) is 0 Å². The minimum absolute atomic E-state index is 0.214. The maximum atomic E-state index is 10.7. The standard InChI is InChI=1S/C13H10O3.C2H4O2/c14-12-7-5-10(6-8-12)9-1-3-11(4-2-9)13(15)16;1-2(3)4/h1-8,14H,(H,15,16);1H3,(H,3,4). The van der Waals surface area contributed by atoms with Crippen molar-refractivity contribution in [2.75, 3.05) is 0 Å². The number of carbonyl (C=O) groups is 2. The van der Waals surface area contributed by atoms with Crippen LogP contribution in [0.4, 0.5) is 0 Å². The zero-order valence-electron chi connectivity index (χ0n) is 10.8. The molecule has 0 aromatic heterocycles. The van der Waals surface area contributed by atoms with Gasteiger partial charge in [-0.2, -0.15) is 0 Å². The molecule has 0 spiro atoms. The van der Waals surface area contributed by atoms with Gasteiger partial charge in [-0.1, -0.05) is 24.3 Å². The fourth-order valence-corrected chi connectivity index (χ4v) is 1.46. The van der Waals surface area contributed by atoms with Gasteiger partial charge in [-0.15, -0.1) is 0 Å². The van der Waals surface area contributed by atoms with E-state index in [9.17, 15) is 4.79 Å². The summed E-state index contributed by atoms with van der Waals surface area (Å²) in [6, 6.07) is 13.4. The quantitative estimate of drug-likeness (QED) is 0.782. The third-order valence-electron chi connectivity index (χ3n) is 2.33. The molecule has 5 heteroatoms. The SMILES string of the molecule is CC(=O)O.O=C(O)c1ccc(-c2ccc(O)cc2)cc1. The Kier molecular flexibility index (Phi) is 5.29. The minimum atomic E-state index is -0.933. The fourth-order valence-electron chi connectivity index (χ4n) is 1.46. The molecule has 0 aliphatic carbocycles. The van der Waals surface area contributed by atoms with Gasteiger partial charge in [-0.3, -0.25) is 4.79 Å². The van der Waals surface area contributed by atoms with Crippen LogP contribution in [-0.4, -0.2) is 27.3 Å². The molecule has 0 amide bonds. The second-order valence-electron chi connectivity index (χ2n) is 3.95. The molecule has 2 rings (SSSR count). The largest absolute Gasteiger partial charge is 0.508 e. The van der Waals surface area contributed by atoms with Crippen molar-refractivity contribution < 1.29 is 24.9 Å². The van der Waals surface area contributed by atoms with Gasteiger partial charge in [0.25, 0.3) is 5.97 Å². The Morgan fingerprint density at radius 1 is 0.800 bits per heavy atom. The number of phenols is 1. The zero-order chi connectivity index (χ0) is 15.1. The molecule has 0 bridgehead atoms. The van der Waals surface area contributed by atoms with Crippen LogP contribution in [0.3, 0.4) is 0 Å². The van der Waals surface area contributed by atoms with Crippen LogP contribution < -0.4 is 0 Å². The highest BCUT2D eigenvalue weighted by Crippen LogP contribution is 2.22. The molecule has 0 aliphatic heterocycles. The fraction of sp³-hybridized carbons (Fsp3) is 0.0667. The van der Waals surface area contributed by atoms with Crippen LogP contribution in [0.1, 0.15) is 17.3 Å². The van der Waals surface area contributed by atoms with Crippen molar-refractivity contribution in [2.24, 2.45) is 0 Å². The Balaban J connectivity index is 0.000000444. The van der Waals surface area contributed by atoms with Gasteiger partial charge in [-0.25, -0.2) is 4.79 Å². The van der Waals surface area contributed by atoms with Gasteiger partial charge in [0, 0.05) is 6.92 Å². The predicted octanol–water partition coefficient (Wildman–Crippen LogP) is 2.85. The normalized spacial score (nSPS) is 9.25. The van der Waals surface area contributed by atoms with E-state index in [1.807, 2.05) is 0 Å². The highest BCUT2D eigenvalue weighted by atomic mass is 16.4. The van der Waals surface area contributed by atoms with E-state index < -0.39 is 11.9 Å². The molecule has 3 N–H and O–H groups in total. The topological polar surface area (TPSA) is 94.8 Å². The number of aliphatic carboxylic acids is 1. The Morgan fingerprint density at radius 2 is 1.15 bits per heavy atom.